The normalized spacial score (nSPS) is 12.1. The van der Waals surface area contributed by atoms with Gasteiger partial charge in [0, 0.05) is 0 Å². The Kier molecular flexibility index (Phi) is 5.13. The van der Waals surface area contributed by atoms with E-state index in [-0.39, 0.29) is 5.41 Å². The maximum atomic E-state index is 2.44. The Bertz CT molecular complexity index is 2000. The average Bonchev–Trinajstić information content (AvgIpc) is 2.94. The molecule has 0 unspecified atom stereocenters. The number of hydrogen-bond acceptors (Lipinski definition) is 0. The van der Waals surface area contributed by atoms with Crippen LogP contribution in [0.2, 0.25) is 0 Å². The molecule has 0 fully saturated rings. The van der Waals surface area contributed by atoms with Crippen molar-refractivity contribution in [1.82, 2.24) is 0 Å². The lowest BCUT2D eigenvalue weighted by Gasteiger charge is -2.24. The van der Waals surface area contributed by atoms with Crippen molar-refractivity contribution in [1.29, 1.82) is 0 Å². The van der Waals surface area contributed by atoms with E-state index in [9.17, 15) is 0 Å². The summed E-state index contributed by atoms with van der Waals surface area (Å²) in [6.07, 6.45) is 0. The standard InChI is InChI=1S/C38H30/c1-38(2,3)33-23-32-22-29-14-8-9-15-34(29)36(31-19-17-26-11-5-7-13-28(26)21-31)37(32)35(24-33)30-18-16-25-10-4-6-12-27(25)20-30/h4-24H,1-3H3. The predicted molar refractivity (Wildman–Crippen MR) is 166 cm³/mol. The fraction of sp³-hybridized carbons (Fsp3) is 0.105. The van der Waals surface area contributed by atoms with Crippen LogP contribution in [0.4, 0.5) is 0 Å². The summed E-state index contributed by atoms with van der Waals surface area (Å²) in [5.41, 5.74) is 6.52. The van der Waals surface area contributed by atoms with E-state index >= 15 is 0 Å². The van der Waals surface area contributed by atoms with Crippen LogP contribution in [0.25, 0.3) is 65.3 Å². The number of rotatable bonds is 2. The van der Waals surface area contributed by atoms with Crippen molar-refractivity contribution < 1.29 is 0 Å². The molecule has 0 aliphatic heterocycles. The van der Waals surface area contributed by atoms with Crippen LogP contribution in [0, 0.1) is 0 Å². The van der Waals surface area contributed by atoms with Crippen LogP contribution in [0.5, 0.6) is 0 Å². The molecule has 0 spiro atoms. The van der Waals surface area contributed by atoms with Gasteiger partial charge in [0.2, 0.25) is 0 Å². The fourth-order valence-electron chi connectivity index (χ4n) is 5.87. The summed E-state index contributed by atoms with van der Waals surface area (Å²) in [4.78, 5) is 0. The molecule has 0 aromatic heterocycles. The minimum absolute atomic E-state index is 0.0363. The molecular weight excluding hydrogens is 456 g/mol. The molecule has 0 aliphatic rings. The van der Waals surface area contributed by atoms with Crippen LogP contribution in [0.3, 0.4) is 0 Å². The lowest BCUT2D eigenvalue weighted by atomic mass is 9.80. The molecule has 182 valence electrons. The van der Waals surface area contributed by atoms with E-state index in [1.165, 1.54) is 70.9 Å². The fourth-order valence-corrected chi connectivity index (χ4v) is 5.87. The Labute approximate surface area is 224 Å². The van der Waals surface area contributed by atoms with Gasteiger partial charge in [-0.1, -0.05) is 124 Å². The van der Waals surface area contributed by atoms with E-state index in [1.807, 2.05) is 0 Å². The summed E-state index contributed by atoms with van der Waals surface area (Å²) < 4.78 is 0. The molecule has 7 rings (SSSR count). The third-order valence-electron chi connectivity index (χ3n) is 7.92. The minimum Gasteiger partial charge on any atom is -0.0616 e. The highest BCUT2D eigenvalue weighted by molar-refractivity contribution is 6.18. The van der Waals surface area contributed by atoms with Gasteiger partial charge in [-0.05, 0) is 101 Å². The summed E-state index contributed by atoms with van der Waals surface area (Å²) in [7, 11) is 0. The molecule has 0 saturated heterocycles. The second kappa shape index (κ2) is 8.57. The second-order valence-corrected chi connectivity index (χ2v) is 11.5. The van der Waals surface area contributed by atoms with Gasteiger partial charge in [0.25, 0.3) is 0 Å². The largest absolute Gasteiger partial charge is 0.0616 e. The lowest BCUT2D eigenvalue weighted by molar-refractivity contribution is 0.591. The second-order valence-electron chi connectivity index (χ2n) is 11.5. The molecule has 0 bridgehead atoms. The monoisotopic (exact) mass is 486 g/mol. The van der Waals surface area contributed by atoms with Crippen molar-refractivity contribution in [3.63, 3.8) is 0 Å². The number of benzene rings is 7. The number of hydrogen-bond donors (Lipinski definition) is 0. The summed E-state index contributed by atoms with van der Waals surface area (Å²) >= 11 is 0. The molecule has 38 heavy (non-hydrogen) atoms. The molecule has 0 amide bonds. The molecule has 0 radical (unpaired) electrons. The zero-order valence-electron chi connectivity index (χ0n) is 22.1. The van der Waals surface area contributed by atoms with E-state index in [0.717, 1.165) is 0 Å². The third kappa shape index (κ3) is 3.76. The van der Waals surface area contributed by atoms with Gasteiger partial charge in [-0.2, -0.15) is 0 Å². The first-order valence-corrected chi connectivity index (χ1v) is 13.4. The van der Waals surface area contributed by atoms with Gasteiger partial charge in [0.05, 0.1) is 0 Å². The average molecular weight is 487 g/mol. The summed E-state index contributed by atoms with van der Waals surface area (Å²) in [6.45, 7) is 6.93. The molecule has 0 heteroatoms. The molecule has 0 N–H and O–H groups in total. The van der Waals surface area contributed by atoms with Crippen LogP contribution < -0.4 is 0 Å². The topological polar surface area (TPSA) is 0 Å². The van der Waals surface area contributed by atoms with E-state index < -0.39 is 0 Å². The van der Waals surface area contributed by atoms with E-state index in [1.54, 1.807) is 0 Å². The first kappa shape index (κ1) is 22.8. The summed E-state index contributed by atoms with van der Waals surface area (Å²) in [5.74, 6) is 0. The molecular formula is C38H30. The van der Waals surface area contributed by atoms with Gasteiger partial charge in [0.15, 0.2) is 0 Å². The third-order valence-corrected chi connectivity index (χ3v) is 7.92. The molecule has 0 saturated carbocycles. The van der Waals surface area contributed by atoms with E-state index in [4.69, 9.17) is 0 Å². The van der Waals surface area contributed by atoms with Crippen LogP contribution in [0.15, 0.2) is 127 Å². The molecule has 0 aliphatic carbocycles. The van der Waals surface area contributed by atoms with Crippen molar-refractivity contribution in [2.45, 2.75) is 26.2 Å². The Morgan fingerprint density at radius 3 is 1.63 bits per heavy atom. The smallest absolute Gasteiger partial charge is 0.00201 e. The Morgan fingerprint density at radius 2 is 0.974 bits per heavy atom. The van der Waals surface area contributed by atoms with Crippen molar-refractivity contribution >= 4 is 43.1 Å². The number of fused-ring (bicyclic) bond motifs is 4. The Morgan fingerprint density at radius 1 is 0.421 bits per heavy atom. The van der Waals surface area contributed by atoms with Crippen LogP contribution in [-0.2, 0) is 5.41 Å². The van der Waals surface area contributed by atoms with Crippen molar-refractivity contribution in [2.24, 2.45) is 0 Å². The van der Waals surface area contributed by atoms with Crippen molar-refractivity contribution in [3.05, 3.63) is 133 Å². The molecule has 0 atom stereocenters. The molecule has 7 aromatic carbocycles. The first-order chi connectivity index (χ1) is 18.5. The quantitative estimate of drug-likeness (QED) is 0.213. The highest BCUT2D eigenvalue weighted by Gasteiger charge is 2.20. The lowest BCUT2D eigenvalue weighted by Crippen LogP contribution is -2.11. The highest BCUT2D eigenvalue weighted by Crippen LogP contribution is 2.44. The van der Waals surface area contributed by atoms with Gasteiger partial charge in [0.1, 0.15) is 0 Å². The van der Waals surface area contributed by atoms with Gasteiger partial charge >= 0.3 is 0 Å². The van der Waals surface area contributed by atoms with Crippen LogP contribution in [0.1, 0.15) is 26.3 Å². The Hall–Kier alpha value is -4.42. The first-order valence-electron chi connectivity index (χ1n) is 13.4. The highest BCUT2D eigenvalue weighted by atomic mass is 14.2. The molecule has 0 nitrogen and oxygen atoms in total. The minimum atomic E-state index is 0.0363. The zero-order valence-corrected chi connectivity index (χ0v) is 22.1. The van der Waals surface area contributed by atoms with Gasteiger partial charge in [-0.3, -0.25) is 0 Å². The molecule has 7 aromatic rings. The van der Waals surface area contributed by atoms with Crippen LogP contribution in [-0.4, -0.2) is 0 Å². The maximum Gasteiger partial charge on any atom is -0.00201 e. The van der Waals surface area contributed by atoms with Crippen LogP contribution >= 0.6 is 0 Å². The van der Waals surface area contributed by atoms with Gasteiger partial charge < -0.3 is 0 Å². The van der Waals surface area contributed by atoms with Gasteiger partial charge in [-0.25, -0.2) is 0 Å². The van der Waals surface area contributed by atoms with E-state index in [2.05, 4.69) is 148 Å². The SMILES string of the molecule is CC(C)(C)c1cc(-c2ccc3ccccc3c2)c2c(-c3ccc4ccccc4c3)c3ccccc3cc2c1. The van der Waals surface area contributed by atoms with E-state index in [0.29, 0.717) is 0 Å². The van der Waals surface area contributed by atoms with Crippen molar-refractivity contribution in [3.8, 4) is 22.3 Å². The summed E-state index contributed by atoms with van der Waals surface area (Å²) in [6, 6.07) is 47.2. The van der Waals surface area contributed by atoms with Crippen molar-refractivity contribution in [2.75, 3.05) is 0 Å². The Balaban J connectivity index is 1.65. The maximum absolute atomic E-state index is 2.44. The predicted octanol–water partition coefficient (Wildman–Crippen LogP) is 10.9. The zero-order chi connectivity index (χ0) is 25.9. The summed E-state index contributed by atoms with van der Waals surface area (Å²) in [5, 5.41) is 10.3. The molecule has 0 heterocycles. The van der Waals surface area contributed by atoms with Gasteiger partial charge in [-0.15, -0.1) is 0 Å².